The van der Waals surface area contributed by atoms with E-state index in [1.54, 1.807) is 61.5 Å². The molecule has 0 aliphatic rings. The van der Waals surface area contributed by atoms with E-state index in [-0.39, 0.29) is 10.6 Å². The molecule has 0 bridgehead atoms. The molecule has 1 N–H and O–H groups in total. The van der Waals surface area contributed by atoms with E-state index in [2.05, 4.69) is 5.32 Å². The zero-order valence-corrected chi connectivity index (χ0v) is 23.4. The van der Waals surface area contributed by atoms with Gasteiger partial charge in [0.25, 0.3) is 10.0 Å². The molecule has 12 heteroatoms. The van der Waals surface area contributed by atoms with Gasteiger partial charge in [-0.15, -0.1) is 11.8 Å². The van der Waals surface area contributed by atoms with Crippen molar-refractivity contribution in [2.24, 2.45) is 0 Å². The molecular weight excluding hydrogens is 534 g/mol. The molecule has 0 atom stereocenters. The van der Waals surface area contributed by atoms with Gasteiger partial charge >= 0.3 is 0 Å². The fourth-order valence-electron chi connectivity index (χ4n) is 3.42. The highest BCUT2D eigenvalue weighted by Crippen LogP contribution is 2.33. The van der Waals surface area contributed by atoms with Crippen LogP contribution in [0.1, 0.15) is 6.92 Å². The third-order valence-corrected chi connectivity index (χ3v) is 9.08. The Kier molecular flexibility index (Phi) is 9.11. The minimum atomic E-state index is -4.15. The van der Waals surface area contributed by atoms with Crippen LogP contribution < -0.4 is 18.7 Å². The predicted octanol–water partition coefficient (Wildman–Crippen LogP) is 4.04. The summed E-state index contributed by atoms with van der Waals surface area (Å²) in [5.74, 6) is -0.298. The van der Waals surface area contributed by atoms with Gasteiger partial charge in [-0.1, -0.05) is 18.2 Å². The fourth-order valence-corrected chi connectivity index (χ4v) is 5.75. The Hall–Kier alpha value is -3.22. The van der Waals surface area contributed by atoms with Crippen LogP contribution in [-0.2, 0) is 24.8 Å². The van der Waals surface area contributed by atoms with Crippen molar-refractivity contribution in [2.75, 3.05) is 46.6 Å². The summed E-state index contributed by atoms with van der Waals surface area (Å²) in [5.41, 5.74) is 0.886. The first-order valence-electron chi connectivity index (χ1n) is 11.2. The van der Waals surface area contributed by atoms with E-state index in [1.165, 1.54) is 37.0 Å². The van der Waals surface area contributed by atoms with E-state index < -0.39 is 32.5 Å². The molecule has 0 aliphatic carbocycles. The van der Waals surface area contributed by atoms with Crippen molar-refractivity contribution in [3.63, 3.8) is 0 Å². The molecule has 3 aromatic rings. The normalized spacial score (nSPS) is 11.6. The number of rotatable bonds is 11. The van der Waals surface area contributed by atoms with Gasteiger partial charge in [-0.25, -0.2) is 16.8 Å². The van der Waals surface area contributed by atoms with Gasteiger partial charge < -0.3 is 10.1 Å². The number of hydrogen-bond acceptors (Lipinski definition) is 7. The number of anilines is 3. The Morgan fingerprint density at radius 1 is 0.973 bits per heavy atom. The van der Waals surface area contributed by atoms with Crippen molar-refractivity contribution >= 4 is 54.8 Å². The second kappa shape index (κ2) is 11.9. The number of para-hydroxylation sites is 2. The number of thioether (sulfide) groups is 1. The molecule has 0 saturated heterocycles. The predicted molar refractivity (Wildman–Crippen MR) is 149 cm³/mol. The highest BCUT2D eigenvalue weighted by Gasteiger charge is 2.29. The Bertz CT molecular complexity index is 1460. The number of nitrogens with zero attached hydrogens (tertiary/aromatic N) is 2. The van der Waals surface area contributed by atoms with E-state index in [4.69, 9.17) is 4.74 Å². The van der Waals surface area contributed by atoms with Gasteiger partial charge in [-0.05, 0) is 67.8 Å². The first kappa shape index (κ1) is 28.4. The third kappa shape index (κ3) is 6.96. The Morgan fingerprint density at radius 3 is 2.27 bits per heavy atom. The maximum Gasteiger partial charge on any atom is 0.264 e. The summed E-state index contributed by atoms with van der Waals surface area (Å²) in [5, 5.41) is 2.67. The molecule has 1 amide bonds. The van der Waals surface area contributed by atoms with Crippen LogP contribution in [0.25, 0.3) is 0 Å². The first-order valence-corrected chi connectivity index (χ1v) is 15.7. The van der Waals surface area contributed by atoms with Gasteiger partial charge in [0.05, 0.1) is 29.1 Å². The van der Waals surface area contributed by atoms with Crippen LogP contribution in [0.15, 0.2) is 82.6 Å². The van der Waals surface area contributed by atoms with Gasteiger partial charge in [0.1, 0.15) is 12.3 Å². The molecule has 0 spiro atoms. The van der Waals surface area contributed by atoms with Crippen LogP contribution in [0.2, 0.25) is 0 Å². The number of hydrogen-bond donors (Lipinski definition) is 1. The monoisotopic (exact) mass is 563 g/mol. The lowest BCUT2D eigenvalue weighted by atomic mass is 10.2. The Morgan fingerprint density at radius 2 is 1.65 bits per heavy atom. The molecule has 0 radical (unpaired) electrons. The van der Waals surface area contributed by atoms with Crippen LogP contribution in [-0.4, -0.2) is 55.5 Å². The molecule has 3 rings (SSSR count). The SMILES string of the molecule is CCOc1ccccc1N(CC(=O)Nc1cccc(N(C)S(C)(=O)=O)c1)S(=O)(=O)c1ccc(SC)cc1. The van der Waals surface area contributed by atoms with Crippen LogP contribution in [0.5, 0.6) is 5.75 Å². The van der Waals surface area contributed by atoms with Crippen LogP contribution in [0, 0.1) is 0 Å². The van der Waals surface area contributed by atoms with E-state index in [1.807, 2.05) is 6.26 Å². The molecule has 37 heavy (non-hydrogen) atoms. The Labute approximate surface area is 222 Å². The summed E-state index contributed by atoms with van der Waals surface area (Å²) < 4.78 is 59.0. The average molecular weight is 564 g/mol. The molecule has 3 aromatic carbocycles. The summed E-state index contributed by atoms with van der Waals surface area (Å²) >= 11 is 1.48. The minimum Gasteiger partial charge on any atom is -0.492 e. The topological polar surface area (TPSA) is 113 Å². The molecule has 0 heterocycles. The maximum atomic E-state index is 13.7. The van der Waals surface area contributed by atoms with Crippen molar-refractivity contribution in [1.82, 2.24) is 0 Å². The van der Waals surface area contributed by atoms with Gasteiger partial charge in [0.15, 0.2) is 0 Å². The van der Waals surface area contributed by atoms with Gasteiger partial charge in [-0.3, -0.25) is 13.4 Å². The lowest BCUT2D eigenvalue weighted by Crippen LogP contribution is -2.38. The average Bonchev–Trinajstić information content (AvgIpc) is 2.87. The lowest BCUT2D eigenvalue weighted by Gasteiger charge is -2.26. The minimum absolute atomic E-state index is 0.0289. The molecule has 0 fully saturated rings. The Balaban J connectivity index is 1.97. The zero-order valence-electron chi connectivity index (χ0n) is 20.9. The quantitative estimate of drug-likeness (QED) is 0.351. The smallest absolute Gasteiger partial charge is 0.264 e. The number of nitrogens with one attached hydrogen (secondary N) is 1. The standard InChI is InChI=1S/C25H29N3O6S3/c1-5-34-24-12-7-6-11-23(24)28(37(32,33)22-15-13-21(35-3)14-16-22)18-25(29)26-19-9-8-10-20(17-19)27(2)36(4,30)31/h6-17H,5,18H2,1-4H3,(H,26,29). The summed E-state index contributed by atoms with van der Waals surface area (Å²) in [6.45, 7) is 1.55. The van der Waals surface area contributed by atoms with Crippen molar-refractivity contribution in [3.8, 4) is 5.75 Å². The number of sulfonamides is 2. The summed E-state index contributed by atoms with van der Waals surface area (Å²) in [4.78, 5) is 14.1. The lowest BCUT2D eigenvalue weighted by molar-refractivity contribution is -0.114. The summed E-state index contributed by atoms with van der Waals surface area (Å²) in [6, 6.07) is 19.3. The molecule has 0 aromatic heterocycles. The molecule has 0 saturated carbocycles. The maximum absolute atomic E-state index is 13.7. The van der Waals surface area contributed by atoms with Crippen molar-refractivity contribution in [2.45, 2.75) is 16.7 Å². The van der Waals surface area contributed by atoms with E-state index in [0.717, 1.165) is 19.8 Å². The van der Waals surface area contributed by atoms with Crippen LogP contribution in [0.4, 0.5) is 17.1 Å². The third-order valence-electron chi connectivity index (χ3n) is 5.36. The molecular formula is C25H29N3O6S3. The summed E-state index contributed by atoms with van der Waals surface area (Å²) in [7, 11) is -6.26. The van der Waals surface area contributed by atoms with Gasteiger partial charge in [0.2, 0.25) is 15.9 Å². The van der Waals surface area contributed by atoms with Gasteiger partial charge in [-0.2, -0.15) is 0 Å². The second-order valence-electron chi connectivity index (χ2n) is 7.92. The van der Waals surface area contributed by atoms with Crippen molar-refractivity contribution in [1.29, 1.82) is 0 Å². The van der Waals surface area contributed by atoms with Crippen molar-refractivity contribution < 1.29 is 26.4 Å². The molecule has 0 aliphatic heterocycles. The largest absolute Gasteiger partial charge is 0.492 e. The van der Waals surface area contributed by atoms with Crippen LogP contribution >= 0.6 is 11.8 Å². The van der Waals surface area contributed by atoms with E-state index in [0.29, 0.717) is 23.7 Å². The fraction of sp³-hybridized carbons (Fsp3) is 0.240. The molecule has 0 unspecified atom stereocenters. The van der Waals surface area contributed by atoms with E-state index >= 15 is 0 Å². The molecule has 9 nitrogen and oxygen atoms in total. The van der Waals surface area contributed by atoms with E-state index in [9.17, 15) is 21.6 Å². The number of carbonyl (C=O) groups excluding carboxylic acids is 1. The zero-order chi connectivity index (χ0) is 27.2. The highest BCUT2D eigenvalue weighted by atomic mass is 32.2. The number of benzene rings is 3. The summed E-state index contributed by atoms with van der Waals surface area (Å²) in [6.07, 6.45) is 2.96. The van der Waals surface area contributed by atoms with Crippen LogP contribution in [0.3, 0.4) is 0 Å². The number of carbonyl (C=O) groups is 1. The number of amides is 1. The van der Waals surface area contributed by atoms with Crippen molar-refractivity contribution in [3.05, 3.63) is 72.8 Å². The number of ether oxygens (including phenoxy) is 1. The first-order chi connectivity index (χ1) is 17.5. The highest BCUT2D eigenvalue weighted by molar-refractivity contribution is 7.98. The second-order valence-corrected chi connectivity index (χ2v) is 12.7. The molecule has 198 valence electrons. The van der Waals surface area contributed by atoms with Gasteiger partial charge in [0, 0.05) is 17.6 Å².